The molecule has 1 aliphatic heterocycles. The third-order valence-corrected chi connectivity index (χ3v) is 4.10. The molecule has 1 aromatic rings. The summed E-state index contributed by atoms with van der Waals surface area (Å²) in [5.41, 5.74) is 6.86. The molecule has 0 bridgehead atoms. The lowest BCUT2D eigenvalue weighted by Crippen LogP contribution is -2.47. The van der Waals surface area contributed by atoms with Gasteiger partial charge in [-0.25, -0.2) is 0 Å². The predicted molar refractivity (Wildman–Crippen MR) is 91.0 cm³/mol. The Bertz CT molecular complexity index is 524. The molecule has 23 heavy (non-hydrogen) atoms. The molecule has 0 radical (unpaired) electrons. The van der Waals surface area contributed by atoms with Gasteiger partial charge in [0.05, 0.1) is 18.6 Å². The summed E-state index contributed by atoms with van der Waals surface area (Å²) in [7, 11) is 0. The van der Waals surface area contributed by atoms with Gasteiger partial charge in [0.1, 0.15) is 0 Å². The third kappa shape index (κ3) is 4.91. The van der Waals surface area contributed by atoms with Crippen LogP contribution in [0.2, 0.25) is 0 Å². The van der Waals surface area contributed by atoms with Crippen molar-refractivity contribution in [2.75, 3.05) is 13.1 Å². The van der Waals surface area contributed by atoms with Gasteiger partial charge in [-0.05, 0) is 36.5 Å². The van der Waals surface area contributed by atoms with Crippen molar-refractivity contribution in [1.82, 2.24) is 15.2 Å². The molecule has 1 aliphatic rings. The van der Waals surface area contributed by atoms with Crippen molar-refractivity contribution in [3.05, 3.63) is 30.1 Å². The molecule has 2 amide bonds. The monoisotopic (exact) mass is 340 g/mol. The van der Waals surface area contributed by atoms with Gasteiger partial charge in [-0.1, -0.05) is 13.8 Å². The minimum absolute atomic E-state index is 0. The molecule has 2 heterocycles. The predicted octanol–water partition coefficient (Wildman–Crippen LogP) is 1.27. The highest BCUT2D eigenvalue weighted by Crippen LogP contribution is 2.31. The fourth-order valence-electron chi connectivity index (χ4n) is 2.68. The van der Waals surface area contributed by atoms with Gasteiger partial charge in [-0.3, -0.25) is 14.6 Å². The Hall–Kier alpha value is -1.66. The molecule has 0 aromatic carbocycles. The van der Waals surface area contributed by atoms with E-state index in [9.17, 15) is 9.59 Å². The van der Waals surface area contributed by atoms with Crippen molar-refractivity contribution in [1.29, 1.82) is 0 Å². The van der Waals surface area contributed by atoms with E-state index >= 15 is 0 Å². The van der Waals surface area contributed by atoms with Crippen LogP contribution in [0.3, 0.4) is 0 Å². The molecule has 2 atom stereocenters. The van der Waals surface area contributed by atoms with Crippen LogP contribution < -0.4 is 11.1 Å². The zero-order valence-electron chi connectivity index (χ0n) is 13.6. The summed E-state index contributed by atoms with van der Waals surface area (Å²) in [6, 6.07) is 3.36. The van der Waals surface area contributed by atoms with E-state index in [1.54, 1.807) is 12.4 Å². The normalized spacial score (nSPS) is 18.4. The van der Waals surface area contributed by atoms with E-state index in [-0.39, 0.29) is 42.7 Å². The molecule has 6 nitrogen and oxygen atoms in total. The van der Waals surface area contributed by atoms with Gasteiger partial charge in [-0.15, -0.1) is 12.4 Å². The standard InChI is InChI=1S/C16H24N4O2.ClH/c1-11(2)15(17)16(22)19-10-14(21)20-9-3-4-13(20)12-5-7-18-8-6-12;/h5-8,11,13,15H,3-4,9-10,17H2,1-2H3,(H,19,22);1H/t13?,15-;/m0./s1. The maximum atomic E-state index is 12.4. The van der Waals surface area contributed by atoms with Gasteiger partial charge in [-0.2, -0.15) is 0 Å². The molecular formula is C16H25ClN4O2. The molecule has 128 valence electrons. The maximum Gasteiger partial charge on any atom is 0.242 e. The number of hydrogen-bond acceptors (Lipinski definition) is 4. The van der Waals surface area contributed by atoms with Crippen molar-refractivity contribution in [3.63, 3.8) is 0 Å². The minimum atomic E-state index is -0.581. The zero-order chi connectivity index (χ0) is 16.1. The van der Waals surface area contributed by atoms with Crippen LogP contribution in [0.1, 0.15) is 38.3 Å². The van der Waals surface area contributed by atoms with Gasteiger partial charge < -0.3 is 16.0 Å². The first kappa shape index (κ1) is 19.4. The third-order valence-electron chi connectivity index (χ3n) is 4.10. The highest BCUT2D eigenvalue weighted by Gasteiger charge is 2.30. The summed E-state index contributed by atoms with van der Waals surface area (Å²) in [4.78, 5) is 30.1. The lowest BCUT2D eigenvalue weighted by molar-refractivity contribution is -0.134. The van der Waals surface area contributed by atoms with Crippen molar-refractivity contribution in [3.8, 4) is 0 Å². The average Bonchev–Trinajstić information content (AvgIpc) is 3.01. The van der Waals surface area contributed by atoms with Crippen molar-refractivity contribution in [2.45, 2.75) is 38.8 Å². The Morgan fingerprint density at radius 3 is 2.65 bits per heavy atom. The van der Waals surface area contributed by atoms with E-state index in [0.29, 0.717) is 0 Å². The van der Waals surface area contributed by atoms with Crippen LogP contribution in [0, 0.1) is 5.92 Å². The maximum absolute atomic E-state index is 12.4. The summed E-state index contributed by atoms with van der Waals surface area (Å²) < 4.78 is 0. The Morgan fingerprint density at radius 1 is 1.39 bits per heavy atom. The summed E-state index contributed by atoms with van der Waals surface area (Å²) >= 11 is 0. The number of nitrogens with zero attached hydrogens (tertiary/aromatic N) is 2. The van der Waals surface area contributed by atoms with E-state index < -0.39 is 6.04 Å². The number of hydrogen-bond donors (Lipinski definition) is 2. The fourth-order valence-corrected chi connectivity index (χ4v) is 2.68. The number of aromatic nitrogens is 1. The molecule has 0 saturated carbocycles. The summed E-state index contributed by atoms with van der Waals surface area (Å²) in [5.74, 6) is -0.293. The molecule has 1 unspecified atom stereocenters. The molecule has 3 N–H and O–H groups in total. The Morgan fingerprint density at radius 2 is 2.04 bits per heavy atom. The lowest BCUT2D eigenvalue weighted by atomic mass is 10.1. The number of pyridine rings is 1. The fraction of sp³-hybridized carbons (Fsp3) is 0.562. The molecule has 7 heteroatoms. The molecule has 1 fully saturated rings. The minimum Gasteiger partial charge on any atom is -0.346 e. The highest BCUT2D eigenvalue weighted by atomic mass is 35.5. The van der Waals surface area contributed by atoms with E-state index in [0.717, 1.165) is 24.9 Å². The van der Waals surface area contributed by atoms with Crippen LogP contribution in [0.15, 0.2) is 24.5 Å². The summed E-state index contributed by atoms with van der Waals surface area (Å²) in [5, 5.41) is 2.64. The topological polar surface area (TPSA) is 88.3 Å². The number of likely N-dealkylation sites (tertiary alicyclic amines) is 1. The van der Waals surface area contributed by atoms with Crippen molar-refractivity contribution in [2.24, 2.45) is 11.7 Å². The van der Waals surface area contributed by atoms with Gasteiger partial charge >= 0.3 is 0 Å². The van der Waals surface area contributed by atoms with E-state index in [4.69, 9.17) is 5.73 Å². The SMILES string of the molecule is CC(C)[C@H](N)C(=O)NCC(=O)N1CCCC1c1ccncc1.Cl. The number of nitrogens with one attached hydrogen (secondary N) is 1. The summed E-state index contributed by atoms with van der Waals surface area (Å²) in [6.07, 6.45) is 5.38. The summed E-state index contributed by atoms with van der Waals surface area (Å²) in [6.45, 7) is 4.48. The molecule has 0 spiro atoms. The number of halogens is 1. The van der Waals surface area contributed by atoms with Crippen LogP contribution in [-0.2, 0) is 9.59 Å². The number of rotatable bonds is 5. The van der Waals surface area contributed by atoms with Gasteiger partial charge in [0.25, 0.3) is 0 Å². The Labute approximate surface area is 143 Å². The Kier molecular flexibility index (Phi) is 7.45. The van der Waals surface area contributed by atoms with Crippen LogP contribution in [0.25, 0.3) is 0 Å². The average molecular weight is 341 g/mol. The zero-order valence-corrected chi connectivity index (χ0v) is 14.4. The Balaban J connectivity index is 0.00000264. The first-order valence-corrected chi connectivity index (χ1v) is 7.73. The largest absolute Gasteiger partial charge is 0.346 e. The van der Waals surface area contributed by atoms with Gasteiger partial charge in [0.2, 0.25) is 11.8 Å². The molecule has 2 rings (SSSR count). The number of nitrogens with two attached hydrogens (primary N) is 1. The van der Waals surface area contributed by atoms with Crippen LogP contribution >= 0.6 is 12.4 Å². The van der Waals surface area contributed by atoms with Crippen LogP contribution in [0.5, 0.6) is 0 Å². The van der Waals surface area contributed by atoms with Crippen molar-refractivity contribution >= 4 is 24.2 Å². The number of carbonyl (C=O) groups is 2. The number of carbonyl (C=O) groups excluding carboxylic acids is 2. The van der Waals surface area contributed by atoms with Gasteiger partial charge in [0, 0.05) is 18.9 Å². The van der Waals surface area contributed by atoms with E-state index in [1.807, 2.05) is 30.9 Å². The second kappa shape index (κ2) is 8.84. The second-order valence-electron chi connectivity index (χ2n) is 6.01. The first-order chi connectivity index (χ1) is 10.5. The van der Waals surface area contributed by atoms with Crippen molar-refractivity contribution < 1.29 is 9.59 Å². The molecule has 0 aliphatic carbocycles. The van der Waals surface area contributed by atoms with E-state index in [1.165, 1.54) is 0 Å². The van der Waals surface area contributed by atoms with E-state index in [2.05, 4.69) is 10.3 Å². The second-order valence-corrected chi connectivity index (χ2v) is 6.01. The van der Waals surface area contributed by atoms with Crippen LogP contribution in [0.4, 0.5) is 0 Å². The molecule has 1 saturated heterocycles. The molecular weight excluding hydrogens is 316 g/mol. The lowest BCUT2D eigenvalue weighted by Gasteiger charge is -2.25. The number of amides is 2. The highest BCUT2D eigenvalue weighted by molar-refractivity contribution is 5.87. The molecule has 1 aromatic heterocycles. The quantitative estimate of drug-likeness (QED) is 0.844. The van der Waals surface area contributed by atoms with Crippen LogP contribution in [-0.4, -0.2) is 40.8 Å². The van der Waals surface area contributed by atoms with Gasteiger partial charge in [0.15, 0.2) is 0 Å². The first-order valence-electron chi connectivity index (χ1n) is 7.73. The smallest absolute Gasteiger partial charge is 0.242 e.